The van der Waals surface area contributed by atoms with Crippen molar-refractivity contribution in [2.45, 2.75) is 27.3 Å². The van der Waals surface area contributed by atoms with Gasteiger partial charge < -0.3 is 9.84 Å². The van der Waals surface area contributed by atoms with Gasteiger partial charge in [-0.3, -0.25) is 19.3 Å². The Hall–Kier alpha value is -4.89. The molecule has 0 aliphatic heterocycles. The van der Waals surface area contributed by atoms with Crippen LogP contribution >= 0.6 is 34.5 Å². The second-order valence-electron chi connectivity index (χ2n) is 10.4. The average Bonchev–Trinajstić information content (AvgIpc) is 3.44. The second kappa shape index (κ2) is 12.1. The third-order valence-electron chi connectivity index (χ3n) is 7.51. The Balaban J connectivity index is 1.39. The smallest absolute Gasteiger partial charge is 0.338 e. The number of carboxylic acid groups (broad SMARTS) is 1. The summed E-state index contributed by atoms with van der Waals surface area (Å²) in [6.45, 7) is 5.21. The zero-order chi connectivity index (χ0) is 32.9. The molecule has 0 saturated carbocycles. The third kappa shape index (κ3) is 5.45. The van der Waals surface area contributed by atoms with Gasteiger partial charge >= 0.3 is 5.97 Å². The number of nitrogens with zero attached hydrogens (tertiary/aromatic N) is 5. The van der Waals surface area contributed by atoms with Crippen molar-refractivity contribution in [3.05, 3.63) is 103 Å². The topological polar surface area (TPSA) is 131 Å². The van der Waals surface area contributed by atoms with E-state index in [1.54, 1.807) is 44.4 Å². The highest BCUT2D eigenvalue weighted by atomic mass is 35.5. The number of rotatable bonds is 7. The molecule has 0 saturated heterocycles. The number of fused-ring (bicyclic) bond motifs is 2. The van der Waals surface area contributed by atoms with E-state index >= 15 is 0 Å². The Labute approximate surface area is 275 Å². The van der Waals surface area contributed by atoms with E-state index in [1.165, 1.54) is 28.0 Å². The van der Waals surface area contributed by atoms with Crippen LogP contribution in [0.25, 0.3) is 43.4 Å². The van der Waals surface area contributed by atoms with Gasteiger partial charge in [-0.05, 0) is 57.2 Å². The number of aromatic carboxylic acids is 1. The lowest BCUT2D eigenvalue weighted by molar-refractivity contribution is 0.0699. The highest BCUT2D eigenvalue weighted by molar-refractivity contribution is 7.18. The van der Waals surface area contributed by atoms with Crippen LogP contribution in [0.4, 0.5) is 4.39 Å². The summed E-state index contributed by atoms with van der Waals surface area (Å²) in [6, 6.07) is 11.7. The number of aryl methyl sites for hydroxylation is 3. The quantitative estimate of drug-likeness (QED) is 0.182. The summed E-state index contributed by atoms with van der Waals surface area (Å²) in [7, 11) is 0. The molecular weight excluding hydrogens is 652 g/mol. The molecule has 0 spiro atoms. The van der Waals surface area contributed by atoms with E-state index in [0.29, 0.717) is 54.9 Å². The Kier molecular flexibility index (Phi) is 8.20. The van der Waals surface area contributed by atoms with Gasteiger partial charge in [-0.1, -0.05) is 23.2 Å². The van der Waals surface area contributed by atoms with Gasteiger partial charge in [0.2, 0.25) is 0 Å². The summed E-state index contributed by atoms with van der Waals surface area (Å²) in [5.74, 6) is -0.843. The zero-order valence-electron chi connectivity index (χ0n) is 24.5. The van der Waals surface area contributed by atoms with Crippen LogP contribution in [0.15, 0.2) is 52.8 Å². The summed E-state index contributed by atoms with van der Waals surface area (Å²) in [5, 5.41) is 22.0. The van der Waals surface area contributed by atoms with Crippen LogP contribution in [-0.2, 0) is 6.54 Å². The molecule has 0 radical (unpaired) electrons. The Morgan fingerprint density at radius 3 is 2.63 bits per heavy atom. The molecule has 1 N–H and O–H groups in total. The number of benzene rings is 2. The first-order chi connectivity index (χ1) is 22.0. The fourth-order valence-electron chi connectivity index (χ4n) is 5.43. The maximum Gasteiger partial charge on any atom is 0.338 e. The molecule has 230 valence electrons. The first kappa shape index (κ1) is 31.1. The minimum atomic E-state index is -1.07. The van der Waals surface area contributed by atoms with Crippen LogP contribution in [0.5, 0.6) is 5.75 Å². The lowest BCUT2D eigenvalue weighted by Gasteiger charge is -2.17. The molecule has 0 fully saturated rings. The minimum Gasteiger partial charge on any atom is -0.491 e. The fraction of sp³-hybridized carbons (Fsp3) is 0.152. The molecule has 2 aromatic carbocycles. The van der Waals surface area contributed by atoms with E-state index < -0.39 is 17.3 Å². The van der Waals surface area contributed by atoms with Gasteiger partial charge in [0.15, 0.2) is 0 Å². The molecule has 0 aliphatic rings. The standard InChI is InChI=1S/C33H22Cl2FN5O4S/c1-15-8-22(31-30(39-15)24(14-46-31)33(43)44)21-9-18(34)4-5-27(21)45-7-6-41-17(3)40-26-11-25(35)28(23(12-37)29(26)32(41)42)20-10-19(36)13-38-16(20)2/h4-5,8-11,13-14H,6-7H2,1-3H3,(H,43,44). The number of nitriles is 1. The Morgan fingerprint density at radius 2 is 1.89 bits per heavy atom. The van der Waals surface area contributed by atoms with Gasteiger partial charge in [0.1, 0.15) is 30.1 Å². The number of carboxylic acids is 1. The summed E-state index contributed by atoms with van der Waals surface area (Å²) in [4.78, 5) is 38.7. The van der Waals surface area contributed by atoms with Crippen molar-refractivity contribution in [2.24, 2.45) is 0 Å². The van der Waals surface area contributed by atoms with E-state index in [1.807, 2.05) is 6.07 Å². The lowest BCUT2D eigenvalue weighted by atomic mass is 9.96. The van der Waals surface area contributed by atoms with Crippen molar-refractivity contribution in [3.8, 4) is 34.1 Å². The number of pyridine rings is 2. The van der Waals surface area contributed by atoms with Crippen molar-refractivity contribution in [2.75, 3.05) is 6.61 Å². The summed E-state index contributed by atoms with van der Waals surface area (Å²) in [6.07, 6.45) is 1.07. The number of ether oxygens (including phenoxy) is 1. The summed E-state index contributed by atoms with van der Waals surface area (Å²) >= 11 is 14.2. The van der Waals surface area contributed by atoms with Gasteiger partial charge in [-0.25, -0.2) is 14.2 Å². The van der Waals surface area contributed by atoms with Crippen LogP contribution in [0, 0.1) is 37.9 Å². The molecule has 0 bridgehead atoms. The highest BCUT2D eigenvalue weighted by Crippen LogP contribution is 2.41. The van der Waals surface area contributed by atoms with Crippen molar-refractivity contribution in [3.63, 3.8) is 0 Å². The van der Waals surface area contributed by atoms with E-state index in [2.05, 4.69) is 21.0 Å². The fourth-order valence-corrected chi connectivity index (χ4v) is 6.91. The molecule has 6 rings (SSSR count). The molecule has 0 amide bonds. The van der Waals surface area contributed by atoms with E-state index in [4.69, 9.17) is 27.9 Å². The maximum absolute atomic E-state index is 14.2. The SMILES string of the molecule is Cc1cc(-c2cc(Cl)ccc2OCCn2c(C)nc3cc(Cl)c(-c4cc(F)cnc4C)c(C#N)c3c2=O)c2scc(C(=O)O)c2n1. The van der Waals surface area contributed by atoms with Gasteiger partial charge in [0.05, 0.1) is 50.0 Å². The van der Waals surface area contributed by atoms with Crippen molar-refractivity contribution >= 4 is 61.6 Å². The maximum atomic E-state index is 14.2. The molecular formula is C33H22Cl2FN5O4S. The van der Waals surface area contributed by atoms with Crippen LogP contribution in [-0.4, -0.2) is 37.2 Å². The predicted molar refractivity (Wildman–Crippen MR) is 176 cm³/mol. The van der Waals surface area contributed by atoms with Gasteiger partial charge in [0, 0.05) is 44.0 Å². The molecule has 46 heavy (non-hydrogen) atoms. The van der Waals surface area contributed by atoms with Crippen molar-refractivity contribution in [1.82, 2.24) is 19.5 Å². The molecule has 0 unspecified atom stereocenters. The lowest BCUT2D eigenvalue weighted by Crippen LogP contribution is -2.27. The van der Waals surface area contributed by atoms with Gasteiger partial charge in [-0.2, -0.15) is 5.26 Å². The molecule has 9 nitrogen and oxygen atoms in total. The van der Waals surface area contributed by atoms with Crippen LogP contribution < -0.4 is 10.3 Å². The van der Waals surface area contributed by atoms with Crippen molar-refractivity contribution in [1.29, 1.82) is 5.26 Å². The largest absolute Gasteiger partial charge is 0.491 e. The molecule has 4 aromatic heterocycles. The minimum absolute atomic E-state index is 0.0288. The van der Waals surface area contributed by atoms with Crippen molar-refractivity contribution < 1.29 is 19.0 Å². The number of hydrogen-bond acceptors (Lipinski definition) is 8. The highest BCUT2D eigenvalue weighted by Gasteiger charge is 2.23. The van der Waals surface area contributed by atoms with E-state index in [9.17, 15) is 24.3 Å². The number of aromatic nitrogens is 4. The summed E-state index contributed by atoms with van der Waals surface area (Å²) in [5.41, 5.74) is 3.12. The molecule has 0 atom stereocenters. The predicted octanol–water partition coefficient (Wildman–Crippen LogP) is 7.76. The van der Waals surface area contributed by atoms with Crippen LogP contribution in [0.3, 0.4) is 0 Å². The van der Waals surface area contributed by atoms with Crippen LogP contribution in [0.1, 0.15) is 33.1 Å². The van der Waals surface area contributed by atoms with Crippen LogP contribution in [0.2, 0.25) is 10.0 Å². The Bertz CT molecular complexity index is 2350. The van der Waals surface area contributed by atoms with E-state index in [-0.39, 0.29) is 45.8 Å². The van der Waals surface area contributed by atoms with Gasteiger partial charge in [-0.15, -0.1) is 11.3 Å². The molecule has 13 heteroatoms. The average molecular weight is 675 g/mol. The number of hydrogen-bond donors (Lipinski definition) is 1. The first-order valence-corrected chi connectivity index (χ1v) is 15.4. The second-order valence-corrected chi connectivity index (χ2v) is 12.2. The zero-order valence-corrected chi connectivity index (χ0v) is 26.8. The molecule has 6 aromatic rings. The normalized spacial score (nSPS) is 11.2. The third-order valence-corrected chi connectivity index (χ3v) is 9.05. The summed E-state index contributed by atoms with van der Waals surface area (Å²) < 4.78 is 22.4. The first-order valence-electron chi connectivity index (χ1n) is 13.8. The Morgan fingerprint density at radius 1 is 1.11 bits per heavy atom. The monoisotopic (exact) mass is 673 g/mol. The van der Waals surface area contributed by atoms with E-state index in [0.717, 1.165) is 6.20 Å². The van der Waals surface area contributed by atoms with Gasteiger partial charge in [0.25, 0.3) is 5.56 Å². The number of carbonyl (C=O) groups is 1. The molecule has 0 aliphatic carbocycles. The number of halogens is 3. The number of thiophene rings is 1. The molecule has 4 heterocycles.